The van der Waals surface area contributed by atoms with Crippen LogP contribution in [0.15, 0.2) is 35.8 Å². The summed E-state index contributed by atoms with van der Waals surface area (Å²) in [4.78, 5) is 18.3. The smallest absolute Gasteiger partial charge is 0.226 e. The van der Waals surface area contributed by atoms with E-state index in [9.17, 15) is 4.79 Å². The van der Waals surface area contributed by atoms with Gasteiger partial charge in [0.25, 0.3) is 0 Å². The van der Waals surface area contributed by atoms with E-state index in [0.29, 0.717) is 23.7 Å². The lowest BCUT2D eigenvalue weighted by Gasteiger charge is -2.21. The van der Waals surface area contributed by atoms with E-state index in [1.165, 1.54) is 0 Å². The molecule has 2 N–H and O–H groups in total. The van der Waals surface area contributed by atoms with Crippen molar-refractivity contribution in [2.75, 3.05) is 32.5 Å². The van der Waals surface area contributed by atoms with Crippen LogP contribution in [0.2, 0.25) is 5.02 Å². The van der Waals surface area contributed by atoms with Crippen LogP contribution in [0.4, 0.5) is 5.69 Å². The number of anilines is 1. The number of allylic oxidation sites excluding steroid dienone is 1. The van der Waals surface area contributed by atoms with Crippen molar-refractivity contribution in [1.29, 1.82) is 0 Å². The molecule has 0 bridgehead atoms. The number of guanidine groups is 1. The minimum atomic E-state index is -0.0852. The number of carbonyl (C=O) groups excluding carboxylic acids is 1. The number of aryl methyl sites for hydroxylation is 1. The number of nitrogens with one attached hydrogen (secondary N) is 2. The summed E-state index contributed by atoms with van der Waals surface area (Å²) in [5, 5.41) is 6.57. The van der Waals surface area contributed by atoms with Gasteiger partial charge in [0.2, 0.25) is 5.91 Å². The maximum Gasteiger partial charge on any atom is 0.226 e. The minimum absolute atomic E-state index is 0. The molecule has 0 atom stereocenters. The molecule has 0 saturated heterocycles. The van der Waals surface area contributed by atoms with Crippen LogP contribution >= 0.6 is 35.6 Å². The lowest BCUT2D eigenvalue weighted by molar-refractivity contribution is -0.116. The molecule has 5 nitrogen and oxygen atoms in total. The molecule has 0 heterocycles. The first kappa shape index (κ1) is 23.7. The van der Waals surface area contributed by atoms with E-state index in [0.717, 1.165) is 30.9 Å². The van der Waals surface area contributed by atoms with Gasteiger partial charge in [0, 0.05) is 33.6 Å². The molecule has 1 aromatic rings. The van der Waals surface area contributed by atoms with Crippen molar-refractivity contribution in [3.8, 4) is 0 Å². The molecule has 0 aliphatic carbocycles. The van der Waals surface area contributed by atoms with E-state index in [1.807, 2.05) is 43.1 Å². The van der Waals surface area contributed by atoms with Crippen molar-refractivity contribution in [3.05, 3.63) is 41.4 Å². The molecule has 140 valence electrons. The Morgan fingerprint density at radius 3 is 2.76 bits per heavy atom. The fourth-order valence-corrected chi connectivity index (χ4v) is 2.47. The number of amides is 1. The van der Waals surface area contributed by atoms with Gasteiger partial charge in [-0.1, -0.05) is 23.7 Å². The monoisotopic (exact) mass is 478 g/mol. The molecule has 0 aliphatic rings. The van der Waals surface area contributed by atoms with Crippen LogP contribution in [0.5, 0.6) is 0 Å². The van der Waals surface area contributed by atoms with E-state index < -0.39 is 0 Å². The summed E-state index contributed by atoms with van der Waals surface area (Å²) in [5.74, 6) is 0.693. The van der Waals surface area contributed by atoms with Gasteiger partial charge in [-0.15, -0.1) is 30.6 Å². The zero-order chi connectivity index (χ0) is 17.9. The molecular weight excluding hydrogens is 451 g/mol. The molecule has 0 aromatic heterocycles. The summed E-state index contributed by atoms with van der Waals surface area (Å²) in [6.45, 7) is 7.07. The minimum Gasteiger partial charge on any atom is -0.356 e. The average molecular weight is 479 g/mol. The predicted octanol–water partition coefficient (Wildman–Crippen LogP) is 4.07. The van der Waals surface area contributed by atoms with E-state index >= 15 is 0 Å². The fourth-order valence-electron chi connectivity index (χ4n) is 2.19. The Labute approximate surface area is 172 Å². The molecule has 1 amide bonds. The Morgan fingerprint density at radius 2 is 2.16 bits per heavy atom. The Hall–Kier alpha value is -1.28. The number of hydrogen-bond acceptors (Lipinski definition) is 2. The highest BCUT2D eigenvalue weighted by Crippen LogP contribution is 2.22. The summed E-state index contributed by atoms with van der Waals surface area (Å²) in [6, 6.07) is 5.56. The highest BCUT2D eigenvalue weighted by Gasteiger charge is 2.08. The number of rotatable bonds is 8. The van der Waals surface area contributed by atoms with Crippen LogP contribution in [0, 0.1) is 6.92 Å². The van der Waals surface area contributed by atoms with E-state index in [-0.39, 0.29) is 29.9 Å². The lowest BCUT2D eigenvalue weighted by Crippen LogP contribution is -2.40. The standard InChI is InChI=1S/C18H27ClN4O.HI/c1-5-6-7-12-23(4)18(20-3)21-11-10-17(24)22-16-9-8-14(2)13-15(16)19;/h5,8-9,13H,1,6-7,10-12H2,2-4H3,(H,20,21)(H,22,24);1H. The molecule has 1 aromatic carbocycles. The van der Waals surface area contributed by atoms with Gasteiger partial charge in [0.1, 0.15) is 0 Å². The topological polar surface area (TPSA) is 56.7 Å². The lowest BCUT2D eigenvalue weighted by atomic mass is 10.2. The van der Waals surface area contributed by atoms with Gasteiger partial charge in [-0.2, -0.15) is 0 Å². The fraction of sp³-hybridized carbons (Fsp3) is 0.444. The summed E-state index contributed by atoms with van der Waals surface area (Å²) in [5.41, 5.74) is 1.70. The van der Waals surface area contributed by atoms with Crippen molar-refractivity contribution in [2.24, 2.45) is 4.99 Å². The van der Waals surface area contributed by atoms with Gasteiger partial charge >= 0.3 is 0 Å². The third-order valence-electron chi connectivity index (χ3n) is 3.51. The zero-order valence-corrected chi connectivity index (χ0v) is 18.2. The Morgan fingerprint density at radius 1 is 1.44 bits per heavy atom. The molecular formula is C18H28ClIN4O. The second-order valence-corrected chi connectivity index (χ2v) is 6.02. The molecule has 0 spiro atoms. The maximum atomic E-state index is 12.0. The van der Waals surface area contributed by atoms with Crippen molar-refractivity contribution in [1.82, 2.24) is 10.2 Å². The molecule has 0 aliphatic heterocycles. The molecule has 25 heavy (non-hydrogen) atoms. The summed E-state index contributed by atoms with van der Waals surface area (Å²) in [6.07, 6.45) is 4.24. The second-order valence-electron chi connectivity index (χ2n) is 5.61. The number of nitrogens with zero attached hydrogens (tertiary/aromatic N) is 2. The van der Waals surface area contributed by atoms with Gasteiger partial charge in [0.15, 0.2) is 5.96 Å². The molecule has 0 fully saturated rings. The van der Waals surface area contributed by atoms with Crippen molar-refractivity contribution >= 4 is 53.1 Å². The van der Waals surface area contributed by atoms with Crippen LogP contribution in [0.1, 0.15) is 24.8 Å². The highest BCUT2D eigenvalue weighted by atomic mass is 127. The molecule has 0 unspecified atom stereocenters. The quantitative estimate of drug-likeness (QED) is 0.195. The first-order chi connectivity index (χ1) is 11.5. The van der Waals surface area contributed by atoms with E-state index in [4.69, 9.17) is 11.6 Å². The van der Waals surface area contributed by atoms with Crippen LogP contribution < -0.4 is 10.6 Å². The second kappa shape index (κ2) is 13.0. The third-order valence-corrected chi connectivity index (χ3v) is 3.82. The number of aliphatic imine (C=N–C) groups is 1. The number of hydrogen-bond donors (Lipinski definition) is 2. The van der Waals surface area contributed by atoms with E-state index in [1.54, 1.807) is 7.05 Å². The average Bonchev–Trinajstić information content (AvgIpc) is 2.54. The van der Waals surface area contributed by atoms with E-state index in [2.05, 4.69) is 22.2 Å². The predicted molar refractivity (Wildman–Crippen MR) is 118 cm³/mol. The van der Waals surface area contributed by atoms with Gasteiger partial charge in [-0.3, -0.25) is 9.79 Å². The Kier molecular flexibility index (Phi) is 12.3. The maximum absolute atomic E-state index is 12.0. The number of halogens is 2. The molecule has 1 rings (SSSR count). The summed E-state index contributed by atoms with van der Waals surface area (Å²) >= 11 is 6.12. The SMILES string of the molecule is C=CCCCN(C)C(=NC)NCCC(=O)Nc1ccc(C)cc1Cl.I. The van der Waals surface area contributed by atoms with Crippen LogP contribution in [-0.2, 0) is 4.79 Å². The van der Waals surface area contributed by atoms with Gasteiger partial charge < -0.3 is 15.5 Å². The number of benzene rings is 1. The van der Waals surface area contributed by atoms with Gasteiger partial charge in [-0.25, -0.2) is 0 Å². The van der Waals surface area contributed by atoms with Crippen LogP contribution in [-0.4, -0.2) is 44.0 Å². The summed E-state index contributed by atoms with van der Waals surface area (Å²) in [7, 11) is 3.71. The summed E-state index contributed by atoms with van der Waals surface area (Å²) < 4.78 is 0. The number of unbranched alkanes of at least 4 members (excludes halogenated alkanes) is 1. The van der Waals surface area contributed by atoms with Crippen molar-refractivity contribution < 1.29 is 4.79 Å². The molecule has 0 radical (unpaired) electrons. The normalized spacial score (nSPS) is 10.6. The first-order valence-corrected chi connectivity index (χ1v) is 8.44. The Bertz CT molecular complexity index is 592. The number of carbonyl (C=O) groups is 1. The molecule has 7 heteroatoms. The van der Waals surface area contributed by atoms with Gasteiger partial charge in [0.05, 0.1) is 10.7 Å². The van der Waals surface area contributed by atoms with Gasteiger partial charge in [-0.05, 0) is 37.5 Å². The zero-order valence-electron chi connectivity index (χ0n) is 15.1. The largest absolute Gasteiger partial charge is 0.356 e. The van der Waals surface area contributed by atoms with Crippen LogP contribution in [0.3, 0.4) is 0 Å². The van der Waals surface area contributed by atoms with Crippen molar-refractivity contribution in [3.63, 3.8) is 0 Å². The first-order valence-electron chi connectivity index (χ1n) is 8.06. The Balaban J connectivity index is 0.00000576. The van der Waals surface area contributed by atoms with Crippen molar-refractivity contribution in [2.45, 2.75) is 26.2 Å². The molecule has 0 saturated carbocycles. The third kappa shape index (κ3) is 9.11. The highest BCUT2D eigenvalue weighted by molar-refractivity contribution is 14.0. The van der Waals surface area contributed by atoms with Crippen LogP contribution in [0.25, 0.3) is 0 Å².